The third kappa shape index (κ3) is 5.42. The van der Waals surface area contributed by atoms with Crippen LogP contribution in [-0.4, -0.2) is 16.5 Å². The van der Waals surface area contributed by atoms with E-state index in [1.54, 1.807) is 12.4 Å². The smallest absolute Gasteiger partial charge is 0.219 e. The number of anilines is 1. The Kier molecular flexibility index (Phi) is 6.56. The first-order valence-electron chi connectivity index (χ1n) is 5.75. The van der Waals surface area contributed by atoms with E-state index < -0.39 is 0 Å². The van der Waals surface area contributed by atoms with Gasteiger partial charge < -0.3 is 11.1 Å². The Bertz CT molecular complexity index is 438. The van der Waals surface area contributed by atoms with E-state index in [1.807, 2.05) is 24.3 Å². The number of hydrogen-bond acceptors (Lipinski definition) is 4. The van der Waals surface area contributed by atoms with Crippen molar-refractivity contribution in [3.8, 4) is 0 Å². The van der Waals surface area contributed by atoms with E-state index in [-0.39, 0.29) is 12.4 Å². The average molecular weight is 299 g/mol. The maximum Gasteiger partial charge on any atom is 0.219 e. The highest BCUT2D eigenvalue weighted by molar-refractivity contribution is 6.30. The molecule has 1 aromatic carbocycles. The molecule has 0 fully saturated rings. The van der Waals surface area contributed by atoms with Crippen molar-refractivity contribution in [2.75, 3.05) is 12.3 Å². The minimum atomic E-state index is 0. The molecular formula is C13H16Cl2N4. The predicted molar refractivity (Wildman–Crippen MR) is 80.6 cm³/mol. The molecule has 1 heterocycles. The normalized spacial score (nSPS) is 9.95. The number of benzene rings is 1. The van der Waals surface area contributed by atoms with Crippen LogP contribution in [0, 0.1) is 0 Å². The molecular weight excluding hydrogens is 283 g/mol. The monoisotopic (exact) mass is 298 g/mol. The van der Waals surface area contributed by atoms with Crippen molar-refractivity contribution < 1.29 is 0 Å². The summed E-state index contributed by atoms with van der Waals surface area (Å²) >= 11 is 5.83. The summed E-state index contributed by atoms with van der Waals surface area (Å²) in [6.07, 6.45) is 4.43. The summed E-state index contributed by atoms with van der Waals surface area (Å²) in [5.41, 5.74) is 7.71. The summed E-state index contributed by atoms with van der Waals surface area (Å²) < 4.78 is 0. The van der Waals surface area contributed by atoms with Gasteiger partial charge in [-0.05, 0) is 30.7 Å². The SMILES string of the molecule is Cl.Nc1ncc(CNCCc2ccc(Cl)cc2)cn1. The van der Waals surface area contributed by atoms with Crippen LogP contribution in [0.3, 0.4) is 0 Å². The molecule has 0 bridgehead atoms. The summed E-state index contributed by atoms with van der Waals surface area (Å²) in [5, 5.41) is 4.10. The molecule has 0 radical (unpaired) electrons. The molecule has 2 aromatic rings. The van der Waals surface area contributed by atoms with Gasteiger partial charge in [0.15, 0.2) is 0 Å². The van der Waals surface area contributed by atoms with Crippen LogP contribution in [0.2, 0.25) is 5.02 Å². The fraction of sp³-hybridized carbons (Fsp3) is 0.231. The van der Waals surface area contributed by atoms with E-state index in [0.717, 1.165) is 30.1 Å². The topological polar surface area (TPSA) is 63.8 Å². The third-order valence-electron chi connectivity index (χ3n) is 2.56. The van der Waals surface area contributed by atoms with Crippen molar-refractivity contribution in [1.82, 2.24) is 15.3 Å². The van der Waals surface area contributed by atoms with Crippen molar-refractivity contribution in [3.05, 3.63) is 52.8 Å². The molecule has 0 saturated heterocycles. The molecule has 6 heteroatoms. The van der Waals surface area contributed by atoms with Gasteiger partial charge in [0.2, 0.25) is 5.95 Å². The van der Waals surface area contributed by atoms with Crippen molar-refractivity contribution >= 4 is 30.0 Å². The van der Waals surface area contributed by atoms with Crippen molar-refractivity contribution in [2.24, 2.45) is 0 Å². The summed E-state index contributed by atoms with van der Waals surface area (Å²) in [6, 6.07) is 7.89. The van der Waals surface area contributed by atoms with E-state index >= 15 is 0 Å². The highest BCUT2D eigenvalue weighted by Crippen LogP contribution is 2.09. The van der Waals surface area contributed by atoms with Gasteiger partial charge in [0.05, 0.1) is 0 Å². The zero-order valence-corrected chi connectivity index (χ0v) is 11.9. The third-order valence-corrected chi connectivity index (χ3v) is 2.81. The number of nitrogen functional groups attached to an aromatic ring is 1. The van der Waals surface area contributed by atoms with E-state index in [4.69, 9.17) is 17.3 Å². The zero-order chi connectivity index (χ0) is 12.8. The molecule has 102 valence electrons. The lowest BCUT2D eigenvalue weighted by Crippen LogP contribution is -2.17. The highest BCUT2D eigenvalue weighted by atomic mass is 35.5. The summed E-state index contributed by atoms with van der Waals surface area (Å²) in [6.45, 7) is 1.64. The van der Waals surface area contributed by atoms with Gasteiger partial charge in [0.1, 0.15) is 0 Å². The number of nitrogens with one attached hydrogen (secondary N) is 1. The van der Waals surface area contributed by atoms with Crippen molar-refractivity contribution in [2.45, 2.75) is 13.0 Å². The van der Waals surface area contributed by atoms with Gasteiger partial charge in [-0.1, -0.05) is 23.7 Å². The highest BCUT2D eigenvalue weighted by Gasteiger charge is 1.96. The molecule has 19 heavy (non-hydrogen) atoms. The van der Waals surface area contributed by atoms with Gasteiger partial charge in [-0.25, -0.2) is 9.97 Å². The van der Waals surface area contributed by atoms with Crippen LogP contribution in [0.4, 0.5) is 5.95 Å². The number of nitrogens with two attached hydrogens (primary N) is 1. The van der Waals surface area contributed by atoms with E-state index in [2.05, 4.69) is 15.3 Å². The maximum atomic E-state index is 5.83. The standard InChI is InChI=1S/C13H15ClN4.ClH/c14-12-3-1-10(2-4-12)5-6-16-7-11-8-17-13(15)18-9-11;/h1-4,8-9,16H,5-7H2,(H2,15,17,18);1H. The van der Waals surface area contributed by atoms with Gasteiger partial charge in [-0.3, -0.25) is 0 Å². The maximum absolute atomic E-state index is 5.83. The average Bonchev–Trinajstić information content (AvgIpc) is 2.39. The molecule has 0 aliphatic carbocycles. The largest absolute Gasteiger partial charge is 0.368 e. The number of nitrogens with zero attached hydrogens (tertiary/aromatic N) is 2. The first-order chi connectivity index (χ1) is 8.74. The Morgan fingerprint density at radius 2 is 1.68 bits per heavy atom. The van der Waals surface area contributed by atoms with Gasteiger partial charge in [-0.2, -0.15) is 0 Å². The van der Waals surface area contributed by atoms with Gasteiger partial charge in [0.25, 0.3) is 0 Å². The summed E-state index contributed by atoms with van der Waals surface area (Å²) in [7, 11) is 0. The molecule has 0 amide bonds. The van der Waals surface area contributed by atoms with E-state index in [0.29, 0.717) is 5.95 Å². The summed E-state index contributed by atoms with van der Waals surface area (Å²) in [4.78, 5) is 7.88. The molecule has 4 nitrogen and oxygen atoms in total. The first-order valence-corrected chi connectivity index (χ1v) is 6.13. The van der Waals surface area contributed by atoms with Crippen LogP contribution in [-0.2, 0) is 13.0 Å². The molecule has 0 atom stereocenters. The predicted octanol–water partition coefficient (Wildman–Crippen LogP) is 2.47. The van der Waals surface area contributed by atoms with Crippen LogP contribution in [0.1, 0.15) is 11.1 Å². The number of rotatable bonds is 5. The Hall–Kier alpha value is -1.36. The van der Waals surface area contributed by atoms with Crippen LogP contribution >= 0.6 is 24.0 Å². The molecule has 0 aliphatic heterocycles. The Labute approximate surface area is 123 Å². The lowest BCUT2D eigenvalue weighted by molar-refractivity contribution is 0.683. The zero-order valence-electron chi connectivity index (χ0n) is 10.3. The van der Waals surface area contributed by atoms with E-state index in [1.165, 1.54) is 5.56 Å². The van der Waals surface area contributed by atoms with Crippen molar-refractivity contribution in [1.29, 1.82) is 0 Å². The first kappa shape index (κ1) is 15.7. The second kappa shape index (κ2) is 7.94. The quantitative estimate of drug-likeness (QED) is 0.833. The second-order valence-corrected chi connectivity index (χ2v) is 4.44. The fourth-order valence-corrected chi connectivity index (χ4v) is 1.70. The fourth-order valence-electron chi connectivity index (χ4n) is 1.57. The van der Waals surface area contributed by atoms with Crippen LogP contribution in [0.25, 0.3) is 0 Å². The lowest BCUT2D eigenvalue weighted by atomic mass is 10.1. The van der Waals surface area contributed by atoms with E-state index in [9.17, 15) is 0 Å². The molecule has 0 saturated carbocycles. The van der Waals surface area contributed by atoms with Gasteiger partial charge in [-0.15, -0.1) is 12.4 Å². The molecule has 0 unspecified atom stereocenters. The van der Waals surface area contributed by atoms with Crippen LogP contribution in [0.5, 0.6) is 0 Å². The van der Waals surface area contributed by atoms with Gasteiger partial charge in [0, 0.05) is 29.5 Å². The van der Waals surface area contributed by atoms with Crippen molar-refractivity contribution in [3.63, 3.8) is 0 Å². The van der Waals surface area contributed by atoms with Gasteiger partial charge >= 0.3 is 0 Å². The second-order valence-electron chi connectivity index (χ2n) is 4.00. The molecule has 1 aromatic heterocycles. The minimum absolute atomic E-state index is 0. The van der Waals surface area contributed by atoms with Crippen LogP contribution < -0.4 is 11.1 Å². The Balaban J connectivity index is 0.00000180. The number of halogens is 2. The minimum Gasteiger partial charge on any atom is -0.368 e. The lowest BCUT2D eigenvalue weighted by Gasteiger charge is -2.05. The molecule has 3 N–H and O–H groups in total. The Morgan fingerprint density at radius 1 is 1.05 bits per heavy atom. The number of aromatic nitrogens is 2. The van der Waals surface area contributed by atoms with Crippen LogP contribution in [0.15, 0.2) is 36.7 Å². The summed E-state index contributed by atoms with van der Waals surface area (Å²) in [5.74, 6) is 0.305. The molecule has 0 aliphatic rings. The number of hydrogen-bond donors (Lipinski definition) is 2. The molecule has 2 rings (SSSR count). The Morgan fingerprint density at radius 3 is 2.32 bits per heavy atom. The molecule has 0 spiro atoms.